The number of piperazine rings is 1. The Morgan fingerprint density at radius 2 is 2.10 bits per heavy atom. The number of ether oxygens (including phenoxy) is 1. The van der Waals surface area contributed by atoms with Gasteiger partial charge in [0.2, 0.25) is 5.13 Å². The molecule has 10 heteroatoms. The summed E-state index contributed by atoms with van der Waals surface area (Å²) in [6.45, 7) is 8.09. The van der Waals surface area contributed by atoms with E-state index in [4.69, 9.17) is 4.74 Å². The molecule has 0 radical (unpaired) electrons. The number of nitrogens with one attached hydrogen (secondary N) is 1. The van der Waals surface area contributed by atoms with Crippen LogP contribution in [0.1, 0.15) is 19.7 Å². The summed E-state index contributed by atoms with van der Waals surface area (Å²) in [5.74, 6) is 1.99. The standard InChI is InChI=1S/C19H27FN6OS.HI/c1-4-17-23-19(28-24-17)26-10-8-25(9-11-26)18(21-3)22-13-14(2)27-16-7-5-6-15(20)12-16;/h5-7,12,14H,4,8-11,13H2,1-3H3,(H,21,22);1H. The highest BCUT2D eigenvalue weighted by Gasteiger charge is 2.22. The van der Waals surface area contributed by atoms with Gasteiger partial charge in [0.05, 0.1) is 6.54 Å². The fourth-order valence-electron chi connectivity index (χ4n) is 3.01. The lowest BCUT2D eigenvalue weighted by atomic mass is 10.3. The number of aryl methyl sites for hydroxylation is 1. The molecule has 3 rings (SSSR count). The van der Waals surface area contributed by atoms with Crippen molar-refractivity contribution in [2.45, 2.75) is 26.4 Å². The van der Waals surface area contributed by atoms with Crippen LogP contribution < -0.4 is 15.0 Å². The summed E-state index contributed by atoms with van der Waals surface area (Å²) < 4.78 is 23.4. The zero-order chi connectivity index (χ0) is 19.9. The molecule has 1 N–H and O–H groups in total. The van der Waals surface area contributed by atoms with E-state index in [1.165, 1.54) is 23.7 Å². The van der Waals surface area contributed by atoms with Crippen molar-refractivity contribution in [2.24, 2.45) is 4.99 Å². The van der Waals surface area contributed by atoms with Crippen molar-refractivity contribution in [3.8, 4) is 5.75 Å². The van der Waals surface area contributed by atoms with Crippen molar-refractivity contribution in [3.63, 3.8) is 0 Å². The molecule has 0 amide bonds. The number of aromatic nitrogens is 2. The predicted octanol–water partition coefficient (Wildman–Crippen LogP) is 3.02. The number of aliphatic imine (C=N–C) groups is 1. The van der Waals surface area contributed by atoms with E-state index in [2.05, 4.69) is 36.4 Å². The van der Waals surface area contributed by atoms with Crippen LogP contribution in [0.3, 0.4) is 0 Å². The van der Waals surface area contributed by atoms with Crippen LogP contribution in [0.2, 0.25) is 0 Å². The number of hydrogen-bond donors (Lipinski definition) is 1. The second kappa shape index (κ2) is 11.5. The fraction of sp³-hybridized carbons (Fsp3) is 0.526. The molecule has 7 nitrogen and oxygen atoms in total. The molecule has 1 aliphatic heterocycles. The minimum atomic E-state index is -0.298. The Morgan fingerprint density at radius 3 is 2.72 bits per heavy atom. The van der Waals surface area contributed by atoms with Crippen LogP contribution in [-0.2, 0) is 6.42 Å². The lowest BCUT2D eigenvalue weighted by molar-refractivity contribution is 0.220. The van der Waals surface area contributed by atoms with Crippen molar-refractivity contribution in [1.29, 1.82) is 0 Å². The quantitative estimate of drug-likeness (QED) is 0.349. The van der Waals surface area contributed by atoms with Gasteiger partial charge in [-0.25, -0.2) is 9.37 Å². The summed E-state index contributed by atoms with van der Waals surface area (Å²) in [6, 6.07) is 6.19. The molecule has 1 unspecified atom stereocenters. The van der Waals surface area contributed by atoms with E-state index in [-0.39, 0.29) is 35.9 Å². The van der Waals surface area contributed by atoms with Gasteiger partial charge < -0.3 is 19.9 Å². The highest BCUT2D eigenvalue weighted by Crippen LogP contribution is 2.19. The van der Waals surface area contributed by atoms with Gasteiger partial charge in [-0.2, -0.15) is 4.37 Å². The first kappa shape index (κ1) is 23.6. The third-order valence-electron chi connectivity index (χ3n) is 4.52. The number of guanidine groups is 1. The lowest BCUT2D eigenvalue weighted by Crippen LogP contribution is -2.53. The van der Waals surface area contributed by atoms with E-state index in [9.17, 15) is 4.39 Å². The Morgan fingerprint density at radius 1 is 1.34 bits per heavy atom. The third kappa shape index (κ3) is 6.66. The Kier molecular flexibility index (Phi) is 9.34. The van der Waals surface area contributed by atoms with Crippen molar-refractivity contribution in [1.82, 2.24) is 19.6 Å². The van der Waals surface area contributed by atoms with E-state index < -0.39 is 0 Å². The van der Waals surface area contributed by atoms with Crippen LogP contribution in [0.4, 0.5) is 9.52 Å². The van der Waals surface area contributed by atoms with E-state index in [0.29, 0.717) is 12.3 Å². The van der Waals surface area contributed by atoms with Crippen LogP contribution in [0.25, 0.3) is 0 Å². The molecule has 1 atom stereocenters. The zero-order valence-electron chi connectivity index (χ0n) is 17.0. The van der Waals surface area contributed by atoms with E-state index in [0.717, 1.165) is 49.5 Å². The molecule has 1 aromatic carbocycles. The average molecular weight is 534 g/mol. The summed E-state index contributed by atoms with van der Waals surface area (Å²) in [4.78, 5) is 13.5. The smallest absolute Gasteiger partial charge is 0.205 e. The molecule has 1 aromatic heterocycles. The minimum Gasteiger partial charge on any atom is -0.489 e. The largest absolute Gasteiger partial charge is 0.489 e. The van der Waals surface area contributed by atoms with Crippen molar-refractivity contribution >= 4 is 46.6 Å². The molecular formula is C19H28FIN6OS. The maximum absolute atomic E-state index is 13.3. The van der Waals surface area contributed by atoms with Crippen molar-refractivity contribution in [3.05, 3.63) is 35.9 Å². The number of anilines is 1. The van der Waals surface area contributed by atoms with E-state index >= 15 is 0 Å². The second-order valence-electron chi connectivity index (χ2n) is 6.63. The molecule has 0 bridgehead atoms. The van der Waals surface area contributed by atoms with Crippen molar-refractivity contribution in [2.75, 3.05) is 44.7 Å². The van der Waals surface area contributed by atoms with Gasteiger partial charge in [-0.3, -0.25) is 4.99 Å². The van der Waals surface area contributed by atoms with Crippen LogP contribution in [0, 0.1) is 5.82 Å². The summed E-state index contributed by atoms with van der Waals surface area (Å²) in [6.07, 6.45) is 0.747. The Balaban J connectivity index is 0.00000300. The molecular weight excluding hydrogens is 506 g/mol. The van der Waals surface area contributed by atoms with Gasteiger partial charge in [0, 0.05) is 57.2 Å². The van der Waals surface area contributed by atoms with Crippen molar-refractivity contribution < 1.29 is 9.13 Å². The minimum absolute atomic E-state index is 0. The molecule has 0 spiro atoms. The lowest BCUT2D eigenvalue weighted by Gasteiger charge is -2.36. The van der Waals surface area contributed by atoms with Gasteiger partial charge in [-0.15, -0.1) is 24.0 Å². The normalized spacial score (nSPS) is 15.7. The summed E-state index contributed by atoms with van der Waals surface area (Å²) in [5, 5.41) is 4.35. The highest BCUT2D eigenvalue weighted by molar-refractivity contribution is 14.0. The number of hydrogen-bond acceptors (Lipinski definition) is 6. The maximum Gasteiger partial charge on any atom is 0.205 e. The molecule has 1 saturated heterocycles. The molecule has 29 heavy (non-hydrogen) atoms. The van der Waals surface area contributed by atoms with Gasteiger partial charge in [-0.1, -0.05) is 13.0 Å². The van der Waals surface area contributed by atoms with Crippen LogP contribution >= 0.6 is 35.5 Å². The summed E-state index contributed by atoms with van der Waals surface area (Å²) in [7, 11) is 1.78. The number of rotatable bonds is 6. The Bertz CT molecular complexity index is 797. The topological polar surface area (TPSA) is 65.9 Å². The van der Waals surface area contributed by atoms with Crippen LogP contribution in [-0.4, -0.2) is 66.1 Å². The van der Waals surface area contributed by atoms with Gasteiger partial charge in [0.15, 0.2) is 5.96 Å². The first-order chi connectivity index (χ1) is 13.6. The molecule has 1 aliphatic rings. The van der Waals surface area contributed by atoms with Gasteiger partial charge in [0.25, 0.3) is 0 Å². The molecule has 0 saturated carbocycles. The molecule has 0 aliphatic carbocycles. The number of halogens is 2. The van der Waals surface area contributed by atoms with E-state index in [1.54, 1.807) is 19.2 Å². The number of benzene rings is 1. The zero-order valence-corrected chi connectivity index (χ0v) is 20.1. The molecule has 2 heterocycles. The van der Waals surface area contributed by atoms with Gasteiger partial charge in [-0.05, 0) is 19.1 Å². The first-order valence-corrected chi connectivity index (χ1v) is 10.3. The molecule has 2 aromatic rings. The van der Waals surface area contributed by atoms with Gasteiger partial charge in [0.1, 0.15) is 23.5 Å². The fourth-order valence-corrected chi connectivity index (χ4v) is 3.81. The first-order valence-electron chi connectivity index (χ1n) is 9.54. The molecule has 160 valence electrons. The Labute approximate surface area is 192 Å². The average Bonchev–Trinajstić information content (AvgIpc) is 3.18. The summed E-state index contributed by atoms with van der Waals surface area (Å²) in [5.41, 5.74) is 0. The predicted molar refractivity (Wildman–Crippen MR) is 126 cm³/mol. The third-order valence-corrected chi connectivity index (χ3v) is 5.33. The second-order valence-corrected chi connectivity index (χ2v) is 7.37. The van der Waals surface area contributed by atoms with E-state index in [1.807, 2.05) is 6.92 Å². The monoisotopic (exact) mass is 534 g/mol. The summed E-state index contributed by atoms with van der Waals surface area (Å²) >= 11 is 1.47. The Hall–Kier alpha value is -1.69. The molecule has 1 fully saturated rings. The highest BCUT2D eigenvalue weighted by atomic mass is 127. The maximum atomic E-state index is 13.3. The van der Waals surface area contributed by atoms with Crippen LogP contribution in [0.5, 0.6) is 5.75 Å². The van der Waals surface area contributed by atoms with Crippen LogP contribution in [0.15, 0.2) is 29.3 Å². The SMILES string of the molecule is CCc1nsc(N2CCN(C(=NC)NCC(C)Oc3cccc(F)c3)CC2)n1.I. The number of nitrogens with zero attached hydrogens (tertiary/aromatic N) is 5. The van der Waals surface area contributed by atoms with Gasteiger partial charge >= 0.3 is 0 Å².